The van der Waals surface area contributed by atoms with Crippen LogP contribution in [0.3, 0.4) is 0 Å². The van der Waals surface area contributed by atoms with Crippen LogP contribution in [-0.4, -0.2) is 35.1 Å². The molecule has 0 atom stereocenters. The molecule has 3 aromatic rings. The van der Waals surface area contributed by atoms with Gasteiger partial charge in [0.25, 0.3) is 0 Å². The molecule has 1 heterocycles. The van der Waals surface area contributed by atoms with E-state index in [1.807, 2.05) is 36.7 Å². The largest absolute Gasteiger partial charge is 0.357 e. The monoisotopic (exact) mass is 537 g/mol. The number of aromatic nitrogens is 2. The maximum atomic E-state index is 6.23. The maximum Gasteiger partial charge on any atom is 0.191 e. The van der Waals surface area contributed by atoms with Crippen molar-refractivity contribution >= 4 is 41.5 Å². The molecule has 7 heteroatoms. The molecule has 0 bridgehead atoms. The Balaban J connectivity index is 0.00000320. The Hall–Kier alpha value is -2.06. The minimum Gasteiger partial charge on any atom is -0.357 e. The quantitative estimate of drug-likeness (QED) is 0.239. The number of halogens is 2. The number of benzene rings is 2. The molecule has 0 spiro atoms. The van der Waals surface area contributed by atoms with E-state index in [1.165, 1.54) is 5.56 Å². The fraction of sp³-hybridized carbons (Fsp3) is 0.304. The first-order valence-corrected chi connectivity index (χ1v) is 10.4. The van der Waals surface area contributed by atoms with E-state index in [4.69, 9.17) is 16.6 Å². The molecule has 160 valence electrons. The van der Waals surface area contributed by atoms with Crippen LogP contribution in [0, 0.1) is 0 Å². The van der Waals surface area contributed by atoms with Crippen molar-refractivity contribution < 1.29 is 0 Å². The molecule has 5 nitrogen and oxygen atoms in total. The Labute approximate surface area is 201 Å². The smallest absolute Gasteiger partial charge is 0.191 e. The van der Waals surface area contributed by atoms with Crippen molar-refractivity contribution in [1.29, 1.82) is 0 Å². The molecule has 0 aliphatic rings. The predicted octanol–water partition coefficient (Wildman–Crippen LogP) is 4.54. The third-order valence-corrected chi connectivity index (χ3v) is 4.96. The van der Waals surface area contributed by atoms with Crippen LogP contribution in [0.15, 0.2) is 72.0 Å². The van der Waals surface area contributed by atoms with E-state index in [1.54, 1.807) is 0 Å². The lowest BCUT2D eigenvalue weighted by molar-refractivity contribution is 0.712. The summed E-state index contributed by atoms with van der Waals surface area (Å²) in [6.45, 7) is 5.17. The summed E-state index contributed by atoms with van der Waals surface area (Å²) in [7, 11) is 0. The van der Waals surface area contributed by atoms with E-state index in [0.29, 0.717) is 6.54 Å². The third kappa shape index (κ3) is 7.65. The number of imidazole rings is 1. The Morgan fingerprint density at radius 2 is 1.80 bits per heavy atom. The zero-order chi connectivity index (χ0) is 20.3. The van der Waals surface area contributed by atoms with Crippen LogP contribution >= 0.6 is 35.6 Å². The fourth-order valence-electron chi connectivity index (χ4n) is 3.12. The number of aliphatic imine (C=N–C) groups is 1. The van der Waals surface area contributed by atoms with Gasteiger partial charge in [0.1, 0.15) is 5.82 Å². The summed E-state index contributed by atoms with van der Waals surface area (Å²) in [5.74, 6) is 1.87. The van der Waals surface area contributed by atoms with Gasteiger partial charge < -0.3 is 15.2 Å². The first-order valence-electron chi connectivity index (χ1n) is 10.1. The van der Waals surface area contributed by atoms with Gasteiger partial charge in [-0.25, -0.2) is 4.98 Å². The van der Waals surface area contributed by atoms with Crippen LogP contribution in [0.5, 0.6) is 0 Å². The van der Waals surface area contributed by atoms with Gasteiger partial charge in [-0.3, -0.25) is 4.99 Å². The second-order valence-electron chi connectivity index (χ2n) is 6.74. The third-order valence-electron chi connectivity index (χ3n) is 4.59. The normalized spacial score (nSPS) is 11.1. The lowest BCUT2D eigenvalue weighted by Gasteiger charge is -2.12. The molecular formula is C23H29ClIN5. The minimum atomic E-state index is 0. The molecule has 0 saturated carbocycles. The molecule has 0 aliphatic carbocycles. The van der Waals surface area contributed by atoms with Crippen molar-refractivity contribution in [3.8, 4) is 0 Å². The average Bonchev–Trinajstić information content (AvgIpc) is 3.17. The molecular weight excluding hydrogens is 509 g/mol. The van der Waals surface area contributed by atoms with Crippen LogP contribution in [-0.2, 0) is 19.4 Å². The predicted molar refractivity (Wildman–Crippen MR) is 136 cm³/mol. The van der Waals surface area contributed by atoms with E-state index >= 15 is 0 Å². The van der Waals surface area contributed by atoms with Crippen LogP contribution < -0.4 is 10.6 Å². The first kappa shape index (κ1) is 24.2. The zero-order valence-electron chi connectivity index (χ0n) is 17.2. The second kappa shape index (κ2) is 13.3. The van der Waals surface area contributed by atoms with E-state index in [0.717, 1.165) is 54.8 Å². The van der Waals surface area contributed by atoms with Crippen molar-refractivity contribution in [3.63, 3.8) is 0 Å². The molecule has 2 aromatic carbocycles. The summed E-state index contributed by atoms with van der Waals surface area (Å²) in [5.41, 5.74) is 2.41. The second-order valence-corrected chi connectivity index (χ2v) is 7.14. The Bertz CT molecular complexity index is 911. The lowest BCUT2D eigenvalue weighted by atomic mass is 10.1. The lowest BCUT2D eigenvalue weighted by Crippen LogP contribution is -2.38. The van der Waals surface area contributed by atoms with Gasteiger partial charge in [0.05, 0.1) is 0 Å². The van der Waals surface area contributed by atoms with Crippen LogP contribution in [0.25, 0.3) is 0 Å². The number of nitrogens with one attached hydrogen (secondary N) is 2. The maximum absolute atomic E-state index is 6.23. The number of hydrogen-bond acceptors (Lipinski definition) is 2. The van der Waals surface area contributed by atoms with Crippen molar-refractivity contribution in [2.45, 2.75) is 26.3 Å². The van der Waals surface area contributed by atoms with E-state index in [9.17, 15) is 0 Å². The molecule has 0 fully saturated rings. The van der Waals surface area contributed by atoms with Gasteiger partial charge in [0.15, 0.2) is 5.96 Å². The number of guanidine groups is 1. The van der Waals surface area contributed by atoms with Gasteiger partial charge in [-0.15, -0.1) is 24.0 Å². The van der Waals surface area contributed by atoms with Gasteiger partial charge in [-0.2, -0.15) is 0 Å². The average molecular weight is 538 g/mol. The molecule has 1 aromatic heterocycles. The van der Waals surface area contributed by atoms with Gasteiger partial charge in [0, 0.05) is 50.0 Å². The van der Waals surface area contributed by atoms with Crippen molar-refractivity contribution in [2.24, 2.45) is 4.99 Å². The van der Waals surface area contributed by atoms with Crippen molar-refractivity contribution in [2.75, 3.05) is 19.6 Å². The number of hydrogen-bond donors (Lipinski definition) is 2. The van der Waals surface area contributed by atoms with Gasteiger partial charge in [-0.05, 0) is 30.5 Å². The SMILES string of the molecule is CCNC(=NCCc1nccn1Cc1ccccc1)NCCc1ccccc1Cl.I. The molecule has 0 unspecified atom stereocenters. The molecule has 0 saturated heterocycles. The molecule has 0 amide bonds. The van der Waals surface area contributed by atoms with Crippen LogP contribution in [0.1, 0.15) is 23.9 Å². The van der Waals surface area contributed by atoms with Gasteiger partial charge in [0.2, 0.25) is 0 Å². The summed E-state index contributed by atoms with van der Waals surface area (Å²) in [5, 5.41) is 7.49. The van der Waals surface area contributed by atoms with Crippen LogP contribution in [0.2, 0.25) is 5.02 Å². The van der Waals surface area contributed by atoms with Crippen molar-refractivity contribution in [3.05, 3.63) is 89.0 Å². The van der Waals surface area contributed by atoms with Crippen LogP contribution in [0.4, 0.5) is 0 Å². The minimum absolute atomic E-state index is 0. The van der Waals surface area contributed by atoms with Crippen molar-refractivity contribution in [1.82, 2.24) is 20.2 Å². The summed E-state index contributed by atoms with van der Waals surface area (Å²) < 4.78 is 2.18. The summed E-state index contributed by atoms with van der Waals surface area (Å²) in [6, 6.07) is 18.4. The highest BCUT2D eigenvalue weighted by molar-refractivity contribution is 14.0. The number of nitrogens with zero attached hydrogens (tertiary/aromatic N) is 3. The molecule has 2 N–H and O–H groups in total. The van der Waals surface area contributed by atoms with E-state index in [2.05, 4.69) is 57.4 Å². The Morgan fingerprint density at radius 1 is 1.03 bits per heavy atom. The Morgan fingerprint density at radius 3 is 2.57 bits per heavy atom. The fourth-order valence-corrected chi connectivity index (χ4v) is 3.35. The van der Waals surface area contributed by atoms with Gasteiger partial charge >= 0.3 is 0 Å². The molecule has 3 rings (SSSR count). The standard InChI is InChI=1S/C23H28ClN5.HI/c1-2-25-23(27-14-12-20-10-6-7-11-21(20)24)28-15-13-22-26-16-17-29(22)18-19-8-4-3-5-9-19;/h3-11,16-17H,2,12-15,18H2,1H3,(H2,25,27,28);1H. The summed E-state index contributed by atoms with van der Waals surface area (Å²) in [4.78, 5) is 9.20. The highest BCUT2D eigenvalue weighted by Gasteiger charge is 2.05. The summed E-state index contributed by atoms with van der Waals surface area (Å²) in [6.07, 6.45) is 5.53. The highest BCUT2D eigenvalue weighted by Crippen LogP contribution is 2.14. The highest BCUT2D eigenvalue weighted by atomic mass is 127. The zero-order valence-corrected chi connectivity index (χ0v) is 20.3. The van der Waals surface area contributed by atoms with E-state index in [-0.39, 0.29) is 24.0 Å². The van der Waals surface area contributed by atoms with E-state index < -0.39 is 0 Å². The Kier molecular flexibility index (Phi) is 10.7. The van der Waals surface area contributed by atoms with Gasteiger partial charge in [-0.1, -0.05) is 60.1 Å². The molecule has 0 aliphatic heterocycles. The molecule has 30 heavy (non-hydrogen) atoms. The number of rotatable bonds is 9. The first-order chi connectivity index (χ1) is 14.3. The molecule has 0 radical (unpaired) electrons. The summed E-state index contributed by atoms with van der Waals surface area (Å²) >= 11 is 6.23. The topological polar surface area (TPSA) is 54.2 Å².